The van der Waals surface area contributed by atoms with Gasteiger partial charge in [0.05, 0.1) is 12.2 Å². The Kier molecular flexibility index (Phi) is 4.78. The molecule has 1 fully saturated rings. The van der Waals surface area contributed by atoms with Crippen molar-refractivity contribution in [2.24, 2.45) is 0 Å². The van der Waals surface area contributed by atoms with Crippen LogP contribution in [0.15, 0.2) is 0 Å². The highest BCUT2D eigenvalue weighted by Crippen LogP contribution is 2.35. The number of carbonyl (C=O) groups excluding carboxylic acids is 1. The summed E-state index contributed by atoms with van der Waals surface area (Å²) in [6.07, 6.45) is 3.07. The molecule has 1 aliphatic rings. The van der Waals surface area contributed by atoms with Crippen molar-refractivity contribution in [1.82, 2.24) is 10.2 Å². The highest BCUT2D eigenvalue weighted by Gasteiger charge is 2.42. The minimum atomic E-state index is -0.116. The lowest BCUT2D eigenvalue weighted by atomic mass is 9.96. The zero-order valence-electron chi connectivity index (χ0n) is 12.7. The SMILES string of the molecule is CC(=O)NC1CCC(COC(C)(C)C)(N(C)C)C1. The third-order valence-electron chi connectivity index (χ3n) is 3.71. The van der Waals surface area contributed by atoms with Gasteiger partial charge in [-0.15, -0.1) is 0 Å². The minimum absolute atomic E-state index is 0.0559. The van der Waals surface area contributed by atoms with E-state index in [-0.39, 0.29) is 23.1 Å². The van der Waals surface area contributed by atoms with Gasteiger partial charge in [0, 0.05) is 18.5 Å². The molecule has 0 saturated heterocycles. The van der Waals surface area contributed by atoms with Crippen LogP contribution in [0, 0.1) is 0 Å². The summed E-state index contributed by atoms with van der Waals surface area (Å²) in [5, 5.41) is 3.03. The molecule has 4 heteroatoms. The molecule has 1 N–H and O–H groups in total. The zero-order chi connectivity index (χ0) is 14.0. The van der Waals surface area contributed by atoms with Gasteiger partial charge in [0.2, 0.25) is 5.91 Å². The van der Waals surface area contributed by atoms with Crippen molar-refractivity contribution in [2.75, 3.05) is 20.7 Å². The normalized spacial score (nSPS) is 28.7. The van der Waals surface area contributed by atoms with Crippen molar-refractivity contribution in [3.05, 3.63) is 0 Å². The molecule has 0 aromatic rings. The van der Waals surface area contributed by atoms with Gasteiger partial charge in [-0.3, -0.25) is 4.79 Å². The number of likely N-dealkylation sites (N-methyl/N-ethyl adjacent to an activating group) is 1. The number of carbonyl (C=O) groups is 1. The van der Waals surface area contributed by atoms with Gasteiger partial charge in [-0.1, -0.05) is 0 Å². The number of hydrogen-bond donors (Lipinski definition) is 1. The van der Waals surface area contributed by atoms with E-state index in [1.54, 1.807) is 6.92 Å². The lowest BCUT2D eigenvalue weighted by molar-refractivity contribution is -0.119. The van der Waals surface area contributed by atoms with Gasteiger partial charge in [0.15, 0.2) is 0 Å². The summed E-state index contributed by atoms with van der Waals surface area (Å²) in [6, 6.07) is 0.286. The van der Waals surface area contributed by atoms with E-state index in [1.165, 1.54) is 0 Å². The highest BCUT2D eigenvalue weighted by atomic mass is 16.5. The first-order chi connectivity index (χ1) is 8.15. The monoisotopic (exact) mass is 256 g/mol. The van der Waals surface area contributed by atoms with E-state index in [0.29, 0.717) is 0 Å². The molecule has 0 bridgehead atoms. The van der Waals surface area contributed by atoms with Gasteiger partial charge in [-0.05, 0) is 54.1 Å². The summed E-state index contributed by atoms with van der Waals surface area (Å²) in [4.78, 5) is 13.4. The zero-order valence-corrected chi connectivity index (χ0v) is 12.7. The maximum absolute atomic E-state index is 11.1. The van der Waals surface area contributed by atoms with Crippen LogP contribution in [-0.2, 0) is 9.53 Å². The Hall–Kier alpha value is -0.610. The van der Waals surface area contributed by atoms with Crippen LogP contribution in [0.1, 0.15) is 47.0 Å². The fraction of sp³-hybridized carbons (Fsp3) is 0.929. The molecule has 0 heterocycles. The second-order valence-corrected chi connectivity index (χ2v) is 6.66. The molecule has 1 amide bonds. The van der Waals surface area contributed by atoms with Crippen LogP contribution in [0.25, 0.3) is 0 Å². The van der Waals surface area contributed by atoms with E-state index in [4.69, 9.17) is 4.74 Å². The number of nitrogens with zero attached hydrogens (tertiary/aromatic N) is 1. The molecule has 0 aromatic carbocycles. The van der Waals surface area contributed by atoms with Gasteiger partial charge >= 0.3 is 0 Å². The molecule has 1 saturated carbocycles. The summed E-state index contributed by atoms with van der Waals surface area (Å²) in [5.41, 5.74) is -0.0600. The van der Waals surface area contributed by atoms with E-state index >= 15 is 0 Å². The summed E-state index contributed by atoms with van der Waals surface area (Å²) in [5.74, 6) is 0.0614. The molecular formula is C14H28N2O2. The molecular weight excluding hydrogens is 228 g/mol. The van der Waals surface area contributed by atoms with E-state index in [1.807, 2.05) is 0 Å². The summed E-state index contributed by atoms with van der Waals surface area (Å²) >= 11 is 0. The third kappa shape index (κ3) is 4.25. The summed E-state index contributed by atoms with van der Waals surface area (Å²) < 4.78 is 5.98. The second-order valence-electron chi connectivity index (χ2n) is 6.66. The van der Waals surface area contributed by atoms with Gasteiger partial charge in [-0.25, -0.2) is 0 Å². The van der Waals surface area contributed by atoms with Crippen molar-refractivity contribution in [3.8, 4) is 0 Å². The Bertz CT molecular complexity index is 297. The molecule has 0 radical (unpaired) electrons. The topological polar surface area (TPSA) is 41.6 Å². The fourth-order valence-corrected chi connectivity index (χ4v) is 2.53. The lowest BCUT2D eigenvalue weighted by Crippen LogP contribution is -2.49. The molecule has 2 unspecified atom stereocenters. The van der Waals surface area contributed by atoms with Crippen LogP contribution in [0.3, 0.4) is 0 Å². The standard InChI is InChI=1S/C14H28N2O2/c1-11(17)15-12-7-8-14(9-12,16(5)6)10-18-13(2,3)4/h12H,7-10H2,1-6H3,(H,15,17). The number of amides is 1. The van der Waals surface area contributed by atoms with Crippen LogP contribution in [-0.4, -0.2) is 48.7 Å². The quantitative estimate of drug-likeness (QED) is 0.834. The highest BCUT2D eigenvalue weighted by molar-refractivity contribution is 5.73. The molecule has 0 spiro atoms. The Morgan fingerprint density at radius 2 is 2.06 bits per heavy atom. The number of ether oxygens (including phenoxy) is 1. The molecule has 1 aliphatic carbocycles. The van der Waals surface area contributed by atoms with Crippen molar-refractivity contribution in [2.45, 2.75) is 64.1 Å². The first kappa shape index (κ1) is 15.4. The summed E-state index contributed by atoms with van der Waals surface area (Å²) in [7, 11) is 4.20. The molecule has 106 valence electrons. The van der Waals surface area contributed by atoms with Crippen molar-refractivity contribution in [1.29, 1.82) is 0 Å². The number of rotatable bonds is 4. The van der Waals surface area contributed by atoms with Gasteiger partial charge in [-0.2, -0.15) is 0 Å². The van der Waals surface area contributed by atoms with Crippen LogP contribution in [0.2, 0.25) is 0 Å². The number of hydrogen-bond acceptors (Lipinski definition) is 3. The Balaban J connectivity index is 2.64. The van der Waals surface area contributed by atoms with E-state index < -0.39 is 0 Å². The second kappa shape index (κ2) is 5.57. The Morgan fingerprint density at radius 1 is 1.44 bits per heavy atom. The molecule has 0 aliphatic heterocycles. The number of nitrogens with one attached hydrogen (secondary N) is 1. The average Bonchev–Trinajstić information content (AvgIpc) is 2.58. The molecule has 4 nitrogen and oxygen atoms in total. The van der Waals surface area contributed by atoms with Gasteiger partial charge in [0.1, 0.15) is 0 Å². The third-order valence-corrected chi connectivity index (χ3v) is 3.71. The van der Waals surface area contributed by atoms with Gasteiger partial charge < -0.3 is 15.0 Å². The van der Waals surface area contributed by atoms with Crippen molar-refractivity contribution in [3.63, 3.8) is 0 Å². The van der Waals surface area contributed by atoms with E-state index in [2.05, 4.69) is 45.1 Å². The Morgan fingerprint density at radius 3 is 2.50 bits per heavy atom. The largest absolute Gasteiger partial charge is 0.374 e. The molecule has 0 aromatic heterocycles. The van der Waals surface area contributed by atoms with Crippen molar-refractivity contribution >= 4 is 5.91 Å². The minimum Gasteiger partial charge on any atom is -0.374 e. The predicted molar refractivity (Wildman–Crippen MR) is 73.6 cm³/mol. The van der Waals surface area contributed by atoms with Crippen molar-refractivity contribution < 1.29 is 9.53 Å². The maximum atomic E-state index is 11.1. The van der Waals surface area contributed by atoms with Gasteiger partial charge in [0.25, 0.3) is 0 Å². The maximum Gasteiger partial charge on any atom is 0.217 e. The van der Waals surface area contributed by atoms with E-state index in [9.17, 15) is 4.79 Å². The molecule has 2 atom stereocenters. The fourth-order valence-electron chi connectivity index (χ4n) is 2.53. The smallest absolute Gasteiger partial charge is 0.217 e. The molecule has 18 heavy (non-hydrogen) atoms. The first-order valence-electron chi connectivity index (χ1n) is 6.73. The Labute approximate surface area is 111 Å². The summed E-state index contributed by atoms with van der Waals surface area (Å²) in [6.45, 7) is 8.55. The molecule has 1 rings (SSSR count). The van der Waals surface area contributed by atoms with Crippen LogP contribution < -0.4 is 5.32 Å². The lowest BCUT2D eigenvalue weighted by Gasteiger charge is -2.38. The average molecular weight is 256 g/mol. The van der Waals surface area contributed by atoms with Crippen LogP contribution >= 0.6 is 0 Å². The first-order valence-corrected chi connectivity index (χ1v) is 6.73. The van der Waals surface area contributed by atoms with Crippen LogP contribution in [0.4, 0.5) is 0 Å². The van der Waals surface area contributed by atoms with E-state index in [0.717, 1.165) is 25.9 Å². The van der Waals surface area contributed by atoms with Crippen LogP contribution in [0.5, 0.6) is 0 Å². The predicted octanol–water partition coefficient (Wildman–Crippen LogP) is 1.79.